The van der Waals surface area contributed by atoms with Crippen molar-refractivity contribution in [1.82, 2.24) is 9.97 Å². The molecule has 0 N–H and O–H groups in total. The van der Waals surface area contributed by atoms with Gasteiger partial charge in [-0.2, -0.15) is 0 Å². The van der Waals surface area contributed by atoms with Crippen LogP contribution in [0.4, 0.5) is 0 Å². The minimum absolute atomic E-state index is 0.200. The Labute approximate surface area is 145 Å². The lowest BCUT2D eigenvalue weighted by atomic mass is 9.97. The molecule has 5 nitrogen and oxygen atoms in total. The maximum atomic E-state index is 11.3. The maximum absolute atomic E-state index is 11.3. The third-order valence-corrected chi connectivity index (χ3v) is 4.07. The summed E-state index contributed by atoms with van der Waals surface area (Å²) in [5, 5.41) is 4.21. The van der Waals surface area contributed by atoms with Crippen LogP contribution in [0.5, 0.6) is 0 Å². The Morgan fingerprint density at radius 3 is 2.48 bits per heavy atom. The molecular weight excluding hydrogens is 314 g/mol. The summed E-state index contributed by atoms with van der Waals surface area (Å²) in [6, 6.07) is 17.0. The Balaban J connectivity index is 1.66. The summed E-state index contributed by atoms with van der Waals surface area (Å²) in [7, 11) is 0. The van der Waals surface area contributed by atoms with Gasteiger partial charge in [0.25, 0.3) is 0 Å². The summed E-state index contributed by atoms with van der Waals surface area (Å²) in [4.78, 5) is 25.6. The van der Waals surface area contributed by atoms with E-state index >= 15 is 0 Å². The molecule has 122 valence electrons. The smallest absolute Gasteiger partial charge is 0.174 e. The van der Waals surface area contributed by atoms with Crippen LogP contribution in [0.15, 0.2) is 72.1 Å². The first-order valence-electron chi connectivity index (χ1n) is 7.99. The van der Waals surface area contributed by atoms with Gasteiger partial charge in [-0.25, -0.2) is 0 Å². The van der Waals surface area contributed by atoms with E-state index in [2.05, 4.69) is 15.1 Å². The van der Waals surface area contributed by atoms with Crippen molar-refractivity contribution in [2.75, 3.05) is 0 Å². The maximum Gasteiger partial charge on any atom is 0.174 e. The standard InChI is InChI=1S/C20H15N3O2/c24-13-14-9-15(17-5-1-3-7-21-17)11-16(10-14)19-12-20(25-23-19)18-6-2-4-8-22-18/h1-11,13,20H,12H2. The largest absolute Gasteiger partial charge is 0.385 e. The molecule has 0 fully saturated rings. The Morgan fingerprint density at radius 1 is 0.960 bits per heavy atom. The zero-order valence-electron chi connectivity index (χ0n) is 13.4. The molecular formula is C20H15N3O2. The van der Waals surface area contributed by atoms with Gasteiger partial charge in [-0.05, 0) is 42.5 Å². The number of carbonyl (C=O) groups excluding carboxylic acids is 1. The molecule has 0 saturated heterocycles. The number of nitrogens with zero attached hydrogens (tertiary/aromatic N) is 3. The predicted octanol–water partition coefficient (Wildman–Crippen LogP) is 3.82. The van der Waals surface area contributed by atoms with Crippen LogP contribution >= 0.6 is 0 Å². The number of oxime groups is 1. The molecule has 5 heteroatoms. The monoisotopic (exact) mass is 329 g/mol. The summed E-state index contributed by atoms with van der Waals surface area (Å²) in [6.45, 7) is 0. The minimum Gasteiger partial charge on any atom is -0.385 e. The lowest BCUT2D eigenvalue weighted by molar-refractivity contribution is 0.0826. The molecule has 25 heavy (non-hydrogen) atoms. The molecule has 0 amide bonds. The highest BCUT2D eigenvalue weighted by Gasteiger charge is 2.25. The molecule has 1 aliphatic rings. The number of hydrogen-bond acceptors (Lipinski definition) is 5. The molecule has 1 aromatic carbocycles. The fraction of sp³-hybridized carbons (Fsp3) is 0.100. The molecule has 2 aromatic heterocycles. The van der Waals surface area contributed by atoms with Gasteiger partial charge in [-0.1, -0.05) is 17.3 Å². The van der Waals surface area contributed by atoms with Crippen molar-refractivity contribution in [3.63, 3.8) is 0 Å². The Kier molecular flexibility index (Phi) is 4.04. The highest BCUT2D eigenvalue weighted by Crippen LogP contribution is 2.30. The van der Waals surface area contributed by atoms with Crippen molar-refractivity contribution >= 4 is 12.0 Å². The van der Waals surface area contributed by atoms with Crippen LogP contribution in [-0.4, -0.2) is 22.0 Å². The Bertz CT molecular complexity index is 924. The highest BCUT2D eigenvalue weighted by atomic mass is 16.6. The van der Waals surface area contributed by atoms with Gasteiger partial charge in [-0.15, -0.1) is 0 Å². The Morgan fingerprint density at radius 2 is 1.76 bits per heavy atom. The lowest BCUT2D eigenvalue weighted by Crippen LogP contribution is -2.04. The van der Waals surface area contributed by atoms with Crippen molar-refractivity contribution in [2.45, 2.75) is 12.5 Å². The summed E-state index contributed by atoms with van der Waals surface area (Å²) < 4.78 is 0. The summed E-state index contributed by atoms with van der Waals surface area (Å²) in [5.41, 5.74) is 4.79. The van der Waals surface area contributed by atoms with E-state index in [1.807, 2.05) is 54.6 Å². The van der Waals surface area contributed by atoms with E-state index in [0.29, 0.717) is 12.0 Å². The predicted molar refractivity (Wildman–Crippen MR) is 94.3 cm³/mol. The van der Waals surface area contributed by atoms with E-state index in [1.54, 1.807) is 12.4 Å². The van der Waals surface area contributed by atoms with Crippen molar-refractivity contribution in [1.29, 1.82) is 0 Å². The van der Waals surface area contributed by atoms with E-state index in [9.17, 15) is 4.79 Å². The molecule has 1 aliphatic heterocycles. The van der Waals surface area contributed by atoms with E-state index in [0.717, 1.165) is 34.5 Å². The summed E-state index contributed by atoms with van der Waals surface area (Å²) in [5.74, 6) is 0. The van der Waals surface area contributed by atoms with Gasteiger partial charge < -0.3 is 4.84 Å². The van der Waals surface area contributed by atoms with Crippen molar-refractivity contribution in [3.8, 4) is 11.3 Å². The number of pyridine rings is 2. The number of aldehydes is 1. The lowest BCUT2D eigenvalue weighted by Gasteiger charge is -2.08. The first-order chi connectivity index (χ1) is 12.3. The second-order valence-electron chi connectivity index (χ2n) is 5.77. The average molecular weight is 329 g/mol. The van der Waals surface area contributed by atoms with E-state index in [1.165, 1.54) is 0 Å². The first-order valence-corrected chi connectivity index (χ1v) is 7.99. The van der Waals surface area contributed by atoms with Gasteiger partial charge in [0.15, 0.2) is 6.10 Å². The van der Waals surface area contributed by atoms with Crippen LogP contribution in [0.2, 0.25) is 0 Å². The molecule has 0 radical (unpaired) electrons. The molecule has 0 aliphatic carbocycles. The van der Waals surface area contributed by atoms with Gasteiger partial charge in [-0.3, -0.25) is 14.8 Å². The molecule has 4 rings (SSSR count). The summed E-state index contributed by atoms with van der Waals surface area (Å²) >= 11 is 0. The molecule has 3 aromatic rings. The quantitative estimate of drug-likeness (QED) is 0.683. The van der Waals surface area contributed by atoms with Crippen molar-refractivity contribution in [3.05, 3.63) is 83.8 Å². The van der Waals surface area contributed by atoms with Gasteiger partial charge in [0, 0.05) is 35.5 Å². The van der Waals surface area contributed by atoms with Crippen LogP contribution in [0.3, 0.4) is 0 Å². The van der Waals surface area contributed by atoms with Crippen LogP contribution in [0, 0.1) is 0 Å². The Hall–Kier alpha value is -3.34. The fourth-order valence-electron chi connectivity index (χ4n) is 2.84. The number of aromatic nitrogens is 2. The molecule has 1 unspecified atom stereocenters. The first kappa shape index (κ1) is 15.2. The van der Waals surface area contributed by atoms with Gasteiger partial charge >= 0.3 is 0 Å². The van der Waals surface area contributed by atoms with Crippen molar-refractivity contribution in [2.24, 2.45) is 5.16 Å². The summed E-state index contributed by atoms with van der Waals surface area (Å²) in [6.07, 6.45) is 4.72. The normalized spacial score (nSPS) is 16.2. The topological polar surface area (TPSA) is 64.4 Å². The number of benzene rings is 1. The van der Waals surface area contributed by atoms with Gasteiger partial charge in [0.05, 0.1) is 17.1 Å². The van der Waals surface area contributed by atoms with E-state index in [-0.39, 0.29) is 6.10 Å². The average Bonchev–Trinajstić information content (AvgIpc) is 3.19. The van der Waals surface area contributed by atoms with Crippen LogP contribution < -0.4 is 0 Å². The van der Waals surface area contributed by atoms with Crippen molar-refractivity contribution < 1.29 is 9.63 Å². The molecule has 1 atom stereocenters. The fourth-order valence-corrected chi connectivity index (χ4v) is 2.84. The second-order valence-corrected chi connectivity index (χ2v) is 5.77. The third kappa shape index (κ3) is 3.17. The van der Waals surface area contributed by atoms with Crippen LogP contribution in [0.25, 0.3) is 11.3 Å². The van der Waals surface area contributed by atoms with Crippen LogP contribution in [0.1, 0.15) is 34.1 Å². The second kappa shape index (κ2) is 6.65. The van der Waals surface area contributed by atoms with E-state index in [4.69, 9.17) is 4.84 Å². The van der Waals surface area contributed by atoms with E-state index < -0.39 is 0 Å². The molecule has 0 saturated carbocycles. The highest BCUT2D eigenvalue weighted by molar-refractivity contribution is 6.03. The molecule has 0 spiro atoms. The number of hydrogen-bond donors (Lipinski definition) is 0. The minimum atomic E-state index is -0.200. The SMILES string of the molecule is O=Cc1cc(C2=NOC(c3ccccn3)C2)cc(-c2ccccn2)c1. The zero-order valence-corrected chi connectivity index (χ0v) is 13.4. The number of rotatable bonds is 4. The van der Waals surface area contributed by atoms with Gasteiger partial charge in [0.1, 0.15) is 6.29 Å². The molecule has 0 bridgehead atoms. The van der Waals surface area contributed by atoms with Gasteiger partial charge in [0.2, 0.25) is 0 Å². The molecule has 3 heterocycles. The van der Waals surface area contributed by atoms with Crippen LogP contribution in [-0.2, 0) is 4.84 Å². The number of carbonyl (C=O) groups is 1. The third-order valence-electron chi connectivity index (χ3n) is 4.07. The zero-order chi connectivity index (χ0) is 17.1.